The van der Waals surface area contributed by atoms with Crippen molar-refractivity contribution in [2.75, 3.05) is 20.2 Å². The fourth-order valence-corrected chi connectivity index (χ4v) is 4.08. The van der Waals surface area contributed by atoms with Crippen molar-refractivity contribution < 1.29 is 4.74 Å². The average Bonchev–Trinajstić information content (AvgIpc) is 2.96. The lowest BCUT2D eigenvalue weighted by molar-refractivity contribution is 0.185. The Morgan fingerprint density at radius 3 is 3.00 bits per heavy atom. The molecule has 0 fully saturated rings. The molecule has 5 heteroatoms. The predicted octanol–water partition coefficient (Wildman–Crippen LogP) is 3.47. The highest BCUT2D eigenvalue weighted by Gasteiger charge is 2.25. The number of methoxy groups -OCH3 is 1. The zero-order valence-electron chi connectivity index (χ0n) is 12.0. The molecule has 0 aliphatic carbocycles. The van der Waals surface area contributed by atoms with E-state index in [-0.39, 0.29) is 6.04 Å². The minimum atomic E-state index is 0.196. The lowest BCUT2D eigenvalue weighted by atomic mass is 10.0. The smallest absolute Gasteiger partial charge is 0.137 e. The van der Waals surface area contributed by atoms with Crippen LogP contribution in [0.5, 0.6) is 5.75 Å². The first-order valence-electron chi connectivity index (χ1n) is 7.05. The molecule has 21 heavy (non-hydrogen) atoms. The Morgan fingerprint density at radius 2 is 2.29 bits per heavy atom. The van der Waals surface area contributed by atoms with E-state index in [0.29, 0.717) is 17.3 Å². The summed E-state index contributed by atoms with van der Waals surface area (Å²) in [6.07, 6.45) is 1.10. The third-order valence-corrected chi connectivity index (χ3v) is 5.38. The summed E-state index contributed by atoms with van der Waals surface area (Å²) in [5.74, 6) is 0.704. The molecule has 112 valence electrons. The largest absolute Gasteiger partial charge is 0.495 e. The summed E-state index contributed by atoms with van der Waals surface area (Å²) in [7, 11) is 1.63. The maximum Gasteiger partial charge on any atom is 0.137 e. The van der Waals surface area contributed by atoms with Crippen LogP contribution in [0.15, 0.2) is 29.6 Å². The van der Waals surface area contributed by atoms with Crippen LogP contribution in [0.3, 0.4) is 0 Å². The van der Waals surface area contributed by atoms with Gasteiger partial charge in [-0.25, -0.2) is 0 Å². The fraction of sp³-hybridized carbons (Fsp3) is 0.375. The molecule has 0 saturated carbocycles. The van der Waals surface area contributed by atoms with Gasteiger partial charge >= 0.3 is 0 Å². The van der Waals surface area contributed by atoms with Gasteiger partial charge in [-0.3, -0.25) is 4.90 Å². The Kier molecular flexibility index (Phi) is 4.50. The molecule has 0 bridgehead atoms. The minimum absolute atomic E-state index is 0.196. The van der Waals surface area contributed by atoms with Crippen LogP contribution in [0.1, 0.15) is 22.0 Å². The quantitative estimate of drug-likeness (QED) is 0.936. The van der Waals surface area contributed by atoms with Gasteiger partial charge < -0.3 is 10.5 Å². The molecule has 0 radical (unpaired) electrons. The molecule has 2 N–H and O–H groups in total. The Hall–Kier alpha value is -1.07. The van der Waals surface area contributed by atoms with Crippen LogP contribution in [-0.4, -0.2) is 25.1 Å². The van der Waals surface area contributed by atoms with Crippen molar-refractivity contribution in [2.45, 2.75) is 19.0 Å². The van der Waals surface area contributed by atoms with Gasteiger partial charge in [0.2, 0.25) is 0 Å². The molecule has 0 saturated heterocycles. The molecule has 0 spiro atoms. The van der Waals surface area contributed by atoms with E-state index in [0.717, 1.165) is 25.1 Å². The third-order valence-electron chi connectivity index (χ3n) is 4.06. The van der Waals surface area contributed by atoms with Crippen molar-refractivity contribution in [3.63, 3.8) is 0 Å². The Balaban J connectivity index is 1.84. The number of halogens is 1. The highest BCUT2D eigenvalue weighted by molar-refractivity contribution is 7.10. The Bertz CT molecular complexity index is 628. The van der Waals surface area contributed by atoms with E-state index in [2.05, 4.69) is 22.4 Å². The molecule has 3 rings (SSSR count). The van der Waals surface area contributed by atoms with Crippen molar-refractivity contribution in [2.24, 2.45) is 5.73 Å². The molecule has 2 aromatic rings. The van der Waals surface area contributed by atoms with Crippen molar-refractivity contribution in [3.8, 4) is 5.75 Å². The number of hydrogen-bond donors (Lipinski definition) is 1. The van der Waals surface area contributed by atoms with E-state index in [9.17, 15) is 0 Å². The highest BCUT2D eigenvalue weighted by atomic mass is 35.5. The van der Waals surface area contributed by atoms with Gasteiger partial charge in [-0.05, 0) is 41.1 Å². The predicted molar refractivity (Wildman–Crippen MR) is 88.2 cm³/mol. The molecule has 1 aromatic carbocycles. The molecule has 3 nitrogen and oxygen atoms in total. The van der Waals surface area contributed by atoms with Crippen molar-refractivity contribution >= 4 is 22.9 Å². The fourth-order valence-electron chi connectivity index (χ4n) is 2.92. The van der Waals surface area contributed by atoms with Gasteiger partial charge in [0.25, 0.3) is 0 Å². The van der Waals surface area contributed by atoms with Crippen molar-refractivity contribution in [3.05, 3.63) is 50.7 Å². The second-order valence-corrected chi connectivity index (χ2v) is 6.64. The number of ether oxygens (including phenoxy) is 1. The Morgan fingerprint density at radius 1 is 1.43 bits per heavy atom. The van der Waals surface area contributed by atoms with Crippen LogP contribution in [0.2, 0.25) is 5.02 Å². The first-order valence-corrected chi connectivity index (χ1v) is 8.31. The lowest BCUT2D eigenvalue weighted by Gasteiger charge is -2.34. The number of thiophene rings is 1. The standard InChI is InChI=1S/C16H19ClN2OS/c1-20-15-3-2-11(8-13(15)17)14(9-18)19-6-4-16-12(10-19)5-7-21-16/h2-3,5,7-8,14H,4,6,9-10,18H2,1H3. The van der Waals surface area contributed by atoms with Crippen LogP contribution >= 0.6 is 22.9 Å². The molecule has 1 aliphatic rings. The van der Waals surface area contributed by atoms with Crippen LogP contribution in [0.4, 0.5) is 0 Å². The molecule has 1 unspecified atom stereocenters. The van der Waals surface area contributed by atoms with Gasteiger partial charge in [-0.2, -0.15) is 0 Å². The van der Waals surface area contributed by atoms with Gasteiger partial charge in [-0.15, -0.1) is 11.3 Å². The molecular formula is C16H19ClN2OS. The minimum Gasteiger partial charge on any atom is -0.495 e. The SMILES string of the molecule is COc1ccc(C(CN)N2CCc3sccc3C2)cc1Cl. The zero-order valence-corrected chi connectivity index (χ0v) is 13.6. The van der Waals surface area contributed by atoms with Gasteiger partial charge in [0, 0.05) is 30.6 Å². The van der Waals surface area contributed by atoms with Gasteiger partial charge in [0.05, 0.1) is 12.1 Å². The van der Waals surface area contributed by atoms with Gasteiger partial charge in [0.15, 0.2) is 0 Å². The summed E-state index contributed by atoms with van der Waals surface area (Å²) in [4.78, 5) is 3.95. The summed E-state index contributed by atoms with van der Waals surface area (Å²) in [6.45, 7) is 2.59. The van der Waals surface area contributed by atoms with Crippen LogP contribution < -0.4 is 10.5 Å². The monoisotopic (exact) mass is 322 g/mol. The number of nitrogens with two attached hydrogens (primary N) is 1. The number of hydrogen-bond acceptors (Lipinski definition) is 4. The lowest BCUT2D eigenvalue weighted by Crippen LogP contribution is -2.37. The molecule has 0 amide bonds. The average molecular weight is 323 g/mol. The van der Waals surface area contributed by atoms with Crippen molar-refractivity contribution in [1.29, 1.82) is 0 Å². The summed E-state index contributed by atoms with van der Waals surface area (Å²) in [5.41, 5.74) is 8.63. The maximum atomic E-state index is 6.25. The number of rotatable bonds is 4. The highest BCUT2D eigenvalue weighted by Crippen LogP contribution is 2.33. The molecule has 2 heterocycles. The van der Waals surface area contributed by atoms with E-state index in [1.54, 1.807) is 7.11 Å². The van der Waals surface area contributed by atoms with E-state index in [4.69, 9.17) is 22.1 Å². The molecular weight excluding hydrogens is 304 g/mol. The van der Waals surface area contributed by atoms with E-state index in [1.165, 1.54) is 10.4 Å². The number of fused-ring (bicyclic) bond motifs is 1. The van der Waals surface area contributed by atoms with E-state index >= 15 is 0 Å². The number of benzene rings is 1. The third kappa shape index (κ3) is 2.94. The maximum absolute atomic E-state index is 6.25. The zero-order chi connectivity index (χ0) is 14.8. The van der Waals surface area contributed by atoms with Crippen molar-refractivity contribution in [1.82, 2.24) is 4.90 Å². The number of nitrogens with zero attached hydrogens (tertiary/aromatic N) is 1. The van der Waals surface area contributed by atoms with Gasteiger partial charge in [0.1, 0.15) is 5.75 Å². The topological polar surface area (TPSA) is 38.5 Å². The second-order valence-electron chi connectivity index (χ2n) is 5.23. The molecule has 1 aliphatic heterocycles. The Labute approximate surface area is 134 Å². The first kappa shape index (κ1) is 14.9. The van der Waals surface area contributed by atoms with E-state index in [1.807, 2.05) is 23.5 Å². The summed E-state index contributed by atoms with van der Waals surface area (Å²) >= 11 is 8.10. The van der Waals surface area contributed by atoms with Crippen LogP contribution in [0, 0.1) is 0 Å². The molecule has 1 atom stereocenters. The van der Waals surface area contributed by atoms with E-state index < -0.39 is 0 Å². The van der Waals surface area contributed by atoms with Crippen LogP contribution in [-0.2, 0) is 13.0 Å². The summed E-state index contributed by atoms with van der Waals surface area (Å²) < 4.78 is 5.22. The summed E-state index contributed by atoms with van der Waals surface area (Å²) in [6, 6.07) is 8.37. The second kappa shape index (κ2) is 6.36. The first-order chi connectivity index (χ1) is 10.2. The normalized spacial score (nSPS) is 16.5. The molecule has 1 aromatic heterocycles. The summed E-state index contributed by atoms with van der Waals surface area (Å²) in [5, 5.41) is 2.82. The van der Waals surface area contributed by atoms with Crippen LogP contribution in [0.25, 0.3) is 0 Å². The van der Waals surface area contributed by atoms with Gasteiger partial charge in [-0.1, -0.05) is 17.7 Å².